The van der Waals surface area contributed by atoms with Gasteiger partial charge in [0.2, 0.25) is 0 Å². The van der Waals surface area contributed by atoms with Crippen molar-refractivity contribution in [3.05, 3.63) is 101 Å². The third-order valence-electron chi connectivity index (χ3n) is 5.43. The molecule has 1 aromatic heterocycles. The zero-order valence-electron chi connectivity index (χ0n) is 18.5. The Hall–Kier alpha value is -3.84. The predicted octanol–water partition coefficient (Wildman–Crippen LogP) is 6.12. The van der Waals surface area contributed by atoms with Gasteiger partial charge in [0.25, 0.3) is 5.91 Å². The average molecular weight is 472 g/mol. The first kappa shape index (κ1) is 22.0. The zero-order valence-corrected chi connectivity index (χ0v) is 19.3. The lowest BCUT2D eigenvalue weighted by Crippen LogP contribution is -2.19. The molecular weight excluding hydrogens is 449 g/mol. The van der Waals surface area contributed by atoms with Crippen LogP contribution >= 0.6 is 11.8 Å². The molecular formula is C27H22FN3O2S. The summed E-state index contributed by atoms with van der Waals surface area (Å²) in [6, 6.07) is 22.1. The van der Waals surface area contributed by atoms with Crippen LogP contribution < -0.4 is 10.1 Å². The summed E-state index contributed by atoms with van der Waals surface area (Å²) < 4.78 is 21.7. The number of aliphatic imine (C=N–C) groups is 1. The number of benzene rings is 3. The molecule has 170 valence electrons. The topological polar surface area (TPSA) is 55.6 Å². The summed E-state index contributed by atoms with van der Waals surface area (Å²) in [5, 5.41) is 4.35. The molecule has 0 unspecified atom stereocenters. The number of para-hydroxylation sites is 1. The molecule has 1 aliphatic heterocycles. The third-order valence-corrected chi connectivity index (χ3v) is 6.34. The van der Waals surface area contributed by atoms with Gasteiger partial charge in [0.15, 0.2) is 5.17 Å². The van der Waals surface area contributed by atoms with Crippen molar-refractivity contribution in [2.24, 2.45) is 4.99 Å². The second-order valence-electron chi connectivity index (χ2n) is 7.73. The predicted molar refractivity (Wildman–Crippen MR) is 136 cm³/mol. The smallest absolute Gasteiger partial charge is 0.264 e. The number of aromatic nitrogens is 1. The first-order valence-corrected chi connectivity index (χ1v) is 11.8. The van der Waals surface area contributed by atoms with Crippen LogP contribution in [0.4, 0.5) is 10.1 Å². The van der Waals surface area contributed by atoms with E-state index in [4.69, 9.17) is 4.74 Å². The molecule has 7 heteroatoms. The number of carbonyl (C=O) groups is 1. The molecule has 1 aliphatic rings. The molecule has 4 aromatic rings. The maximum absolute atomic E-state index is 14.2. The van der Waals surface area contributed by atoms with E-state index in [1.807, 2.05) is 78.4 Å². The van der Waals surface area contributed by atoms with Crippen molar-refractivity contribution in [2.75, 3.05) is 6.61 Å². The number of nitrogens with one attached hydrogen (secondary N) is 1. The number of ether oxygens (including phenoxy) is 1. The fourth-order valence-electron chi connectivity index (χ4n) is 3.85. The van der Waals surface area contributed by atoms with Crippen molar-refractivity contribution in [3.63, 3.8) is 0 Å². The first-order chi connectivity index (χ1) is 16.6. The third kappa shape index (κ3) is 4.61. The van der Waals surface area contributed by atoms with E-state index in [0.29, 0.717) is 28.8 Å². The van der Waals surface area contributed by atoms with Crippen LogP contribution in [-0.4, -0.2) is 22.2 Å². The summed E-state index contributed by atoms with van der Waals surface area (Å²) in [7, 11) is 0. The fourth-order valence-corrected chi connectivity index (χ4v) is 4.69. The van der Waals surface area contributed by atoms with Crippen molar-refractivity contribution >= 4 is 45.5 Å². The molecule has 2 heterocycles. The number of amides is 1. The highest BCUT2D eigenvalue weighted by molar-refractivity contribution is 8.18. The van der Waals surface area contributed by atoms with Crippen molar-refractivity contribution in [1.29, 1.82) is 0 Å². The number of thioether (sulfide) groups is 1. The van der Waals surface area contributed by atoms with Crippen molar-refractivity contribution in [1.82, 2.24) is 9.88 Å². The van der Waals surface area contributed by atoms with Gasteiger partial charge in [-0.05, 0) is 61.2 Å². The maximum Gasteiger partial charge on any atom is 0.264 e. The van der Waals surface area contributed by atoms with Crippen LogP contribution in [0, 0.1) is 5.82 Å². The molecule has 5 nitrogen and oxygen atoms in total. The van der Waals surface area contributed by atoms with E-state index in [2.05, 4.69) is 10.3 Å². The molecule has 1 N–H and O–H groups in total. The van der Waals surface area contributed by atoms with E-state index in [0.717, 1.165) is 27.9 Å². The van der Waals surface area contributed by atoms with E-state index in [1.165, 1.54) is 17.8 Å². The highest BCUT2D eigenvalue weighted by Crippen LogP contribution is 2.31. The van der Waals surface area contributed by atoms with Crippen LogP contribution in [0.15, 0.2) is 88.9 Å². The van der Waals surface area contributed by atoms with Crippen LogP contribution in [0.5, 0.6) is 5.75 Å². The van der Waals surface area contributed by atoms with Crippen molar-refractivity contribution in [3.8, 4) is 5.75 Å². The van der Waals surface area contributed by atoms with Crippen LogP contribution in [0.3, 0.4) is 0 Å². The van der Waals surface area contributed by atoms with Crippen LogP contribution in [0.25, 0.3) is 17.0 Å². The molecule has 1 saturated heterocycles. The van der Waals surface area contributed by atoms with Gasteiger partial charge in [-0.25, -0.2) is 9.38 Å². The minimum absolute atomic E-state index is 0.194. The Bertz CT molecular complexity index is 1420. The first-order valence-electron chi connectivity index (χ1n) is 10.9. The van der Waals surface area contributed by atoms with Gasteiger partial charge in [-0.3, -0.25) is 4.79 Å². The fraction of sp³-hybridized carbons (Fsp3) is 0.111. The molecule has 1 amide bonds. The zero-order chi connectivity index (χ0) is 23.5. The average Bonchev–Trinajstić information content (AvgIpc) is 3.36. The number of amidine groups is 1. The summed E-state index contributed by atoms with van der Waals surface area (Å²) in [5.74, 6) is 0.351. The normalized spacial score (nSPS) is 15.9. The van der Waals surface area contributed by atoms with Gasteiger partial charge < -0.3 is 14.6 Å². The van der Waals surface area contributed by atoms with Gasteiger partial charge in [0.1, 0.15) is 11.6 Å². The SMILES string of the molecule is CCOc1ccc(N=C2NC(=O)/C(=C/c3cn(Cc4ccccc4F)c4ccccc34)S2)cc1. The van der Waals surface area contributed by atoms with E-state index in [1.54, 1.807) is 12.1 Å². The number of hydrogen-bond donors (Lipinski definition) is 1. The molecule has 0 saturated carbocycles. The highest BCUT2D eigenvalue weighted by Gasteiger charge is 2.24. The lowest BCUT2D eigenvalue weighted by atomic mass is 10.1. The van der Waals surface area contributed by atoms with Gasteiger partial charge >= 0.3 is 0 Å². The Morgan fingerprint density at radius 3 is 2.62 bits per heavy atom. The molecule has 34 heavy (non-hydrogen) atoms. The largest absolute Gasteiger partial charge is 0.494 e. The van der Waals surface area contributed by atoms with E-state index in [9.17, 15) is 9.18 Å². The molecule has 0 spiro atoms. The molecule has 0 radical (unpaired) electrons. The molecule has 0 bridgehead atoms. The van der Waals surface area contributed by atoms with Gasteiger partial charge in [-0.2, -0.15) is 0 Å². The molecule has 0 aliphatic carbocycles. The van der Waals surface area contributed by atoms with Crippen LogP contribution in [-0.2, 0) is 11.3 Å². The van der Waals surface area contributed by atoms with Crippen LogP contribution in [0.1, 0.15) is 18.1 Å². The summed E-state index contributed by atoms with van der Waals surface area (Å²) >= 11 is 1.30. The Morgan fingerprint density at radius 1 is 1.06 bits per heavy atom. The monoisotopic (exact) mass is 471 g/mol. The maximum atomic E-state index is 14.2. The minimum atomic E-state index is -0.235. The number of fused-ring (bicyclic) bond motifs is 1. The van der Waals surface area contributed by atoms with Gasteiger partial charge in [-0.1, -0.05) is 36.4 Å². The summed E-state index contributed by atoms with van der Waals surface area (Å²) in [6.45, 7) is 2.94. The number of carbonyl (C=O) groups excluding carboxylic acids is 1. The number of rotatable bonds is 6. The Kier molecular flexibility index (Phi) is 6.18. The van der Waals surface area contributed by atoms with Crippen LogP contribution in [0.2, 0.25) is 0 Å². The minimum Gasteiger partial charge on any atom is -0.494 e. The van der Waals surface area contributed by atoms with Crippen molar-refractivity contribution in [2.45, 2.75) is 13.5 Å². The van der Waals surface area contributed by atoms with Crippen molar-refractivity contribution < 1.29 is 13.9 Å². The second-order valence-corrected chi connectivity index (χ2v) is 8.76. The lowest BCUT2D eigenvalue weighted by molar-refractivity contribution is -0.115. The Morgan fingerprint density at radius 2 is 1.82 bits per heavy atom. The number of halogens is 1. The van der Waals surface area contributed by atoms with E-state index < -0.39 is 0 Å². The van der Waals surface area contributed by atoms with E-state index in [-0.39, 0.29) is 11.7 Å². The summed E-state index contributed by atoms with van der Waals surface area (Å²) in [4.78, 5) is 17.7. The Labute approximate surface area is 201 Å². The van der Waals surface area contributed by atoms with Gasteiger partial charge in [0.05, 0.1) is 23.7 Å². The number of hydrogen-bond acceptors (Lipinski definition) is 4. The molecule has 1 fully saturated rings. The molecule has 0 atom stereocenters. The highest BCUT2D eigenvalue weighted by atomic mass is 32.2. The van der Waals surface area contributed by atoms with Gasteiger partial charge in [0, 0.05) is 28.2 Å². The molecule has 3 aromatic carbocycles. The lowest BCUT2D eigenvalue weighted by Gasteiger charge is -2.06. The number of nitrogens with zero attached hydrogens (tertiary/aromatic N) is 2. The molecule has 5 rings (SSSR count). The summed E-state index contributed by atoms with van der Waals surface area (Å²) in [5.41, 5.74) is 3.21. The summed E-state index contributed by atoms with van der Waals surface area (Å²) in [6.07, 6.45) is 3.82. The second kappa shape index (κ2) is 9.57. The Balaban J connectivity index is 1.43. The quantitative estimate of drug-likeness (QED) is 0.345. The standard InChI is InChI=1S/C27H22FN3O2S/c1-2-33-21-13-11-20(12-14-21)29-27-30-26(32)25(34-27)15-19-17-31(24-10-6-4-8-22(19)24)16-18-7-3-5-9-23(18)28/h3-15,17H,2,16H2,1H3,(H,29,30,32)/b25-15-. The van der Waals surface area contributed by atoms with Gasteiger partial charge in [-0.15, -0.1) is 0 Å². The van der Waals surface area contributed by atoms with E-state index >= 15 is 0 Å².